The maximum Gasteiger partial charge on any atom is 0.333 e. The first-order valence-corrected chi connectivity index (χ1v) is 22.7. The number of ketones is 4. The van der Waals surface area contributed by atoms with Gasteiger partial charge in [-0.05, 0) is 59.4 Å². The van der Waals surface area contributed by atoms with E-state index in [9.17, 15) is 19.2 Å². The second-order valence-electron chi connectivity index (χ2n) is 15.0. The molecule has 8 nitrogen and oxygen atoms in total. The minimum atomic E-state index is -2.04. The molecule has 296 valence electrons. The minimum Gasteiger partial charge on any atom is -0.459 e. The number of thiophene rings is 4. The Bertz CT molecular complexity index is 3200. The Labute approximate surface area is 363 Å². The van der Waals surface area contributed by atoms with Crippen LogP contribution in [0.4, 0.5) is 0 Å². The van der Waals surface area contributed by atoms with Crippen molar-refractivity contribution in [2.45, 2.75) is 31.5 Å². The topological polar surface area (TPSA) is 121 Å². The molecule has 4 aliphatic carbocycles. The van der Waals surface area contributed by atoms with E-state index in [-0.39, 0.29) is 13.2 Å². The summed E-state index contributed by atoms with van der Waals surface area (Å²) in [6.07, 6.45) is 8.56. The number of hydrogen-bond acceptors (Lipinski definition) is 12. The van der Waals surface area contributed by atoms with Gasteiger partial charge < -0.3 is 9.47 Å². The van der Waals surface area contributed by atoms with Crippen LogP contribution in [-0.2, 0) is 52.1 Å². The predicted octanol–water partition coefficient (Wildman–Crippen LogP) is 10.5. The van der Waals surface area contributed by atoms with Gasteiger partial charge in [-0.25, -0.2) is 0 Å². The molecular formula is C49H28O8S4. The first kappa shape index (κ1) is 37.6. The van der Waals surface area contributed by atoms with E-state index in [0.717, 1.165) is 34.8 Å². The van der Waals surface area contributed by atoms with Gasteiger partial charge in [0.05, 0.1) is 23.9 Å². The molecule has 0 amide bonds. The van der Waals surface area contributed by atoms with Crippen LogP contribution in [0.1, 0.15) is 60.8 Å². The fraction of sp³-hybridized carbons (Fsp3) is 0.102. The Kier molecular flexibility index (Phi) is 8.83. The minimum absolute atomic E-state index is 0.0891. The number of allylic oxidation sites excluding steroid dienone is 6. The van der Waals surface area contributed by atoms with Gasteiger partial charge in [-0.3, -0.25) is 28.8 Å². The molecule has 4 aromatic heterocycles. The number of esters is 2. The van der Waals surface area contributed by atoms with Crippen molar-refractivity contribution in [2.75, 3.05) is 0 Å². The molecule has 0 bridgehead atoms. The zero-order valence-corrected chi connectivity index (χ0v) is 35.0. The first-order chi connectivity index (χ1) is 29.7. The summed E-state index contributed by atoms with van der Waals surface area (Å²) in [6.45, 7) is -0.178. The molecule has 4 heterocycles. The predicted molar refractivity (Wildman–Crippen MR) is 239 cm³/mol. The van der Waals surface area contributed by atoms with Crippen LogP contribution in [0.5, 0.6) is 0 Å². The fourth-order valence-corrected chi connectivity index (χ4v) is 14.2. The SMILES string of the molecule is O=C1C(=O)/C(=C\c2cc3c(s2)-c2sc4c(sc5cc(/C=C6\C(=O)C(=O)c7ccccc76)sc54)c2C3(C(=O)OCc2ccccc2)C(=O)OCc2ccccc2)C2=CCCC=C12. The first-order valence-electron chi connectivity index (χ1n) is 19.4. The van der Waals surface area contributed by atoms with Crippen LogP contribution in [0.25, 0.3) is 46.3 Å². The van der Waals surface area contributed by atoms with Crippen LogP contribution >= 0.6 is 45.3 Å². The summed E-state index contributed by atoms with van der Waals surface area (Å²) in [5, 5.41) is 0. The molecule has 3 aromatic carbocycles. The van der Waals surface area contributed by atoms with E-state index in [1.54, 1.807) is 42.5 Å². The number of ether oxygens (including phenoxy) is 2. The molecular weight excluding hydrogens is 845 g/mol. The van der Waals surface area contributed by atoms with Gasteiger partial charge in [0.2, 0.25) is 28.5 Å². The highest BCUT2D eigenvalue weighted by atomic mass is 32.1. The lowest BCUT2D eigenvalue weighted by atomic mass is 9.79. The zero-order valence-electron chi connectivity index (χ0n) is 31.8. The molecule has 0 radical (unpaired) electrons. The maximum atomic E-state index is 15.2. The van der Waals surface area contributed by atoms with E-state index in [1.165, 1.54) is 45.3 Å². The van der Waals surface area contributed by atoms with Crippen molar-refractivity contribution in [3.05, 3.63) is 169 Å². The van der Waals surface area contributed by atoms with Gasteiger partial charge in [-0.2, -0.15) is 0 Å². The van der Waals surface area contributed by atoms with Gasteiger partial charge in [-0.1, -0.05) is 97.1 Å². The standard InChI is InChI=1S/C49H28O8S4/c50-38-31-17-9-7-15-29(31)33(40(38)52)19-27-21-35-42(58-27)44-37(49(35,47(54)56-23-25-11-3-1-4-12-25)48(55)57-24-26-13-5-2-6-14-26)45-46(61-44)43-36(60-45)22-28(59-43)20-34-30-16-8-10-18-32(30)39(51)41(34)53/h1-6,8,10-22H,7,9,23-24H2/b33-19-,34-20-. The lowest BCUT2D eigenvalue weighted by molar-refractivity contribution is -0.164. The van der Waals surface area contributed by atoms with Crippen molar-refractivity contribution in [1.29, 1.82) is 0 Å². The quantitative estimate of drug-likeness (QED) is 0.0641. The molecule has 61 heavy (non-hydrogen) atoms. The Balaban J connectivity index is 1.09. The molecule has 1 fully saturated rings. The monoisotopic (exact) mass is 872 g/mol. The Hall–Kier alpha value is -6.44. The Morgan fingerprint density at radius 3 is 1.84 bits per heavy atom. The van der Waals surface area contributed by atoms with Crippen LogP contribution < -0.4 is 0 Å². The van der Waals surface area contributed by atoms with Gasteiger partial charge in [0.15, 0.2) is 0 Å². The number of hydrogen-bond donors (Lipinski definition) is 0. The summed E-state index contributed by atoms with van der Waals surface area (Å²) in [5.41, 5.74) is 3.00. The van der Waals surface area contributed by atoms with Gasteiger partial charge >= 0.3 is 11.9 Å². The second-order valence-corrected chi connectivity index (χ2v) is 19.2. The van der Waals surface area contributed by atoms with E-state index in [4.69, 9.17) is 9.47 Å². The molecule has 0 unspecified atom stereocenters. The molecule has 0 atom stereocenters. The number of carbonyl (C=O) groups is 6. The molecule has 0 spiro atoms. The number of benzene rings is 3. The van der Waals surface area contributed by atoms with Gasteiger partial charge in [0.25, 0.3) is 0 Å². The number of carbonyl (C=O) groups excluding carboxylic acids is 6. The Morgan fingerprint density at radius 1 is 0.557 bits per heavy atom. The lowest BCUT2D eigenvalue weighted by Gasteiger charge is -2.26. The molecule has 4 aliphatic rings. The molecule has 12 heteroatoms. The molecule has 0 N–H and O–H groups in total. The summed E-state index contributed by atoms with van der Waals surface area (Å²) < 4.78 is 15.7. The summed E-state index contributed by atoms with van der Waals surface area (Å²) in [5.74, 6) is -3.76. The van der Waals surface area contributed by atoms with Crippen LogP contribution in [0, 0.1) is 0 Å². The number of fused-ring (bicyclic) bond motifs is 9. The lowest BCUT2D eigenvalue weighted by Crippen LogP contribution is -2.45. The summed E-state index contributed by atoms with van der Waals surface area (Å²) in [4.78, 5) is 85.4. The fourth-order valence-electron chi connectivity index (χ4n) is 8.57. The van der Waals surface area contributed by atoms with Crippen LogP contribution in [0.15, 0.2) is 126 Å². The smallest absolute Gasteiger partial charge is 0.333 e. The average Bonchev–Trinajstić information content (AvgIpc) is 4.15. The van der Waals surface area contributed by atoms with Crippen LogP contribution in [0.3, 0.4) is 0 Å². The molecule has 0 aliphatic heterocycles. The Morgan fingerprint density at radius 2 is 1.15 bits per heavy atom. The van der Waals surface area contributed by atoms with Crippen LogP contribution in [-0.4, -0.2) is 35.1 Å². The van der Waals surface area contributed by atoms with E-state index in [1.807, 2.05) is 78.9 Å². The normalized spacial score (nSPS) is 17.5. The number of rotatable bonds is 8. The third-order valence-electron chi connectivity index (χ3n) is 11.4. The summed E-state index contributed by atoms with van der Waals surface area (Å²) >= 11 is 5.72. The zero-order chi connectivity index (χ0) is 41.6. The van der Waals surface area contributed by atoms with Crippen molar-refractivity contribution in [3.63, 3.8) is 0 Å². The van der Waals surface area contributed by atoms with Gasteiger partial charge in [0.1, 0.15) is 13.2 Å². The van der Waals surface area contributed by atoms with Crippen molar-refractivity contribution < 1.29 is 38.2 Å². The molecule has 7 aromatic rings. The van der Waals surface area contributed by atoms with Crippen molar-refractivity contribution >= 4 is 117 Å². The third-order valence-corrected chi connectivity index (χ3v) is 16.5. The largest absolute Gasteiger partial charge is 0.459 e. The highest BCUT2D eigenvalue weighted by Crippen LogP contribution is 2.62. The molecule has 0 saturated heterocycles. The third kappa shape index (κ3) is 5.74. The van der Waals surface area contributed by atoms with E-state index >= 15 is 9.59 Å². The molecule has 1 saturated carbocycles. The maximum absolute atomic E-state index is 15.2. The van der Waals surface area contributed by atoms with Gasteiger partial charge in [0, 0.05) is 47.9 Å². The van der Waals surface area contributed by atoms with E-state index in [0.29, 0.717) is 72.0 Å². The van der Waals surface area contributed by atoms with E-state index < -0.39 is 40.5 Å². The summed E-state index contributed by atoms with van der Waals surface area (Å²) in [6, 6.07) is 29.2. The average molecular weight is 873 g/mol. The van der Waals surface area contributed by atoms with E-state index in [2.05, 4.69) is 0 Å². The molecule has 11 rings (SSSR count). The van der Waals surface area contributed by atoms with Gasteiger partial charge in [-0.15, -0.1) is 45.3 Å². The van der Waals surface area contributed by atoms with Crippen molar-refractivity contribution in [3.8, 4) is 9.75 Å². The van der Waals surface area contributed by atoms with Crippen molar-refractivity contribution in [1.82, 2.24) is 0 Å². The highest BCUT2D eigenvalue weighted by molar-refractivity contribution is 7.40. The second kappa shape index (κ2) is 14.3. The number of Topliss-reactive ketones (excluding diaryl/α,β-unsaturated/α-hetero) is 4. The van der Waals surface area contributed by atoms with Crippen LogP contribution in [0.2, 0.25) is 0 Å². The highest BCUT2D eigenvalue weighted by Gasteiger charge is 2.61. The van der Waals surface area contributed by atoms with Crippen molar-refractivity contribution in [2.24, 2.45) is 0 Å². The summed E-state index contributed by atoms with van der Waals surface area (Å²) in [7, 11) is 0.